The Morgan fingerprint density at radius 2 is 2.36 bits per heavy atom. The fourth-order valence-corrected chi connectivity index (χ4v) is 2.18. The van der Waals surface area contributed by atoms with Crippen LogP contribution in [0.25, 0.3) is 0 Å². The van der Waals surface area contributed by atoms with Crippen LogP contribution in [0.3, 0.4) is 0 Å². The Morgan fingerprint density at radius 1 is 1.64 bits per heavy atom. The fourth-order valence-electron chi connectivity index (χ4n) is 1.17. The van der Waals surface area contributed by atoms with E-state index in [0.29, 0.717) is 17.8 Å². The summed E-state index contributed by atoms with van der Waals surface area (Å²) in [6, 6.07) is 0.316. The van der Waals surface area contributed by atoms with Gasteiger partial charge in [-0.25, -0.2) is 4.98 Å². The first kappa shape index (κ1) is 10.2. The Labute approximate surface area is 93.3 Å². The molecule has 1 unspecified atom stereocenters. The summed E-state index contributed by atoms with van der Waals surface area (Å²) in [6.07, 6.45) is 2.51. The van der Waals surface area contributed by atoms with E-state index in [-0.39, 0.29) is 0 Å². The Kier molecular flexibility index (Phi) is 2.93. The summed E-state index contributed by atoms with van der Waals surface area (Å²) in [5.41, 5.74) is 0. The molecule has 1 aromatic heterocycles. The summed E-state index contributed by atoms with van der Waals surface area (Å²) in [7, 11) is 2.02. The molecule has 1 heterocycles. The largest absolute Gasteiger partial charge is 0.346 e. The molecule has 0 radical (unpaired) electrons. The Balaban J connectivity index is 2.07. The maximum Gasteiger partial charge on any atom is 0.205 e. The van der Waals surface area contributed by atoms with Crippen molar-refractivity contribution in [2.45, 2.75) is 31.7 Å². The number of alkyl halides is 1. The van der Waals surface area contributed by atoms with Gasteiger partial charge in [0.1, 0.15) is 5.82 Å². The van der Waals surface area contributed by atoms with Crippen LogP contribution in [-0.4, -0.2) is 28.3 Å². The zero-order valence-electron chi connectivity index (χ0n) is 8.40. The second kappa shape index (κ2) is 4.03. The van der Waals surface area contributed by atoms with Crippen LogP contribution in [0.1, 0.15) is 31.5 Å². The first-order valence-corrected chi connectivity index (χ1v) is 6.15. The molecule has 0 aliphatic heterocycles. The minimum atomic E-state index is 0.316. The van der Waals surface area contributed by atoms with Crippen molar-refractivity contribution in [3.05, 3.63) is 5.82 Å². The van der Waals surface area contributed by atoms with E-state index in [9.17, 15) is 0 Å². The smallest absolute Gasteiger partial charge is 0.205 e. The van der Waals surface area contributed by atoms with Crippen LogP contribution in [0, 0.1) is 0 Å². The van der Waals surface area contributed by atoms with Crippen molar-refractivity contribution >= 4 is 28.3 Å². The van der Waals surface area contributed by atoms with E-state index in [4.69, 9.17) is 11.6 Å². The lowest BCUT2D eigenvalue weighted by atomic mass is 10.4. The molecule has 0 amide bonds. The van der Waals surface area contributed by atoms with E-state index in [1.54, 1.807) is 0 Å². The van der Waals surface area contributed by atoms with E-state index >= 15 is 0 Å². The number of rotatable bonds is 4. The van der Waals surface area contributed by atoms with Crippen molar-refractivity contribution in [2.24, 2.45) is 0 Å². The van der Waals surface area contributed by atoms with Crippen LogP contribution in [0.5, 0.6) is 0 Å². The zero-order chi connectivity index (χ0) is 10.1. The molecule has 1 saturated carbocycles. The molecule has 1 atom stereocenters. The highest BCUT2D eigenvalue weighted by Gasteiger charge is 2.28. The second-order valence-electron chi connectivity index (χ2n) is 3.82. The molecule has 78 valence electrons. The van der Waals surface area contributed by atoms with Gasteiger partial charge >= 0.3 is 0 Å². The summed E-state index contributed by atoms with van der Waals surface area (Å²) in [6.45, 7) is 2.09. The minimum absolute atomic E-state index is 0.316. The second-order valence-corrected chi connectivity index (χ2v) is 4.86. The van der Waals surface area contributed by atoms with Gasteiger partial charge in [-0.2, -0.15) is 4.37 Å². The monoisotopic (exact) mass is 231 g/mol. The predicted molar refractivity (Wildman–Crippen MR) is 60.5 cm³/mol. The Bertz CT molecular complexity index is 311. The molecule has 1 aliphatic rings. The van der Waals surface area contributed by atoms with Gasteiger partial charge in [-0.05, 0) is 19.8 Å². The molecule has 3 nitrogen and oxygen atoms in total. The van der Waals surface area contributed by atoms with Crippen molar-refractivity contribution in [3.63, 3.8) is 0 Å². The van der Waals surface area contributed by atoms with E-state index in [1.807, 2.05) is 7.05 Å². The van der Waals surface area contributed by atoms with Crippen molar-refractivity contribution in [1.29, 1.82) is 0 Å². The molecule has 0 bridgehead atoms. The van der Waals surface area contributed by atoms with Crippen molar-refractivity contribution in [1.82, 2.24) is 9.36 Å². The fraction of sp³-hybridized carbons (Fsp3) is 0.778. The molecule has 5 heteroatoms. The van der Waals surface area contributed by atoms with Gasteiger partial charge in [0.25, 0.3) is 0 Å². The SMILES string of the molecule is CC(CCl)N(C)c1nc(C2CC2)ns1. The van der Waals surface area contributed by atoms with Gasteiger partial charge in [0.2, 0.25) is 5.13 Å². The van der Waals surface area contributed by atoms with Gasteiger partial charge in [-0.15, -0.1) is 11.6 Å². The number of halogens is 1. The summed E-state index contributed by atoms with van der Waals surface area (Å²) >= 11 is 7.27. The Morgan fingerprint density at radius 3 is 2.93 bits per heavy atom. The lowest BCUT2D eigenvalue weighted by Gasteiger charge is -2.21. The van der Waals surface area contributed by atoms with Gasteiger partial charge < -0.3 is 4.90 Å². The van der Waals surface area contributed by atoms with Crippen molar-refractivity contribution < 1.29 is 0 Å². The molecular formula is C9H14ClN3S. The third-order valence-electron chi connectivity index (χ3n) is 2.56. The summed E-state index contributed by atoms with van der Waals surface area (Å²) in [5, 5.41) is 0.986. The maximum atomic E-state index is 5.79. The summed E-state index contributed by atoms with van der Waals surface area (Å²) in [5.74, 6) is 2.29. The Hall–Kier alpha value is -0.350. The molecule has 1 aliphatic carbocycles. The number of anilines is 1. The van der Waals surface area contributed by atoms with Crippen LogP contribution in [-0.2, 0) is 0 Å². The van der Waals surface area contributed by atoms with E-state index in [1.165, 1.54) is 24.4 Å². The quantitative estimate of drug-likeness (QED) is 0.746. The van der Waals surface area contributed by atoms with Gasteiger partial charge in [0.05, 0.1) is 0 Å². The molecule has 0 saturated heterocycles. The maximum absolute atomic E-state index is 5.79. The van der Waals surface area contributed by atoms with Crippen LogP contribution in [0.4, 0.5) is 5.13 Å². The number of aromatic nitrogens is 2. The molecule has 0 spiro atoms. The van der Waals surface area contributed by atoms with Crippen LogP contribution >= 0.6 is 23.1 Å². The van der Waals surface area contributed by atoms with Gasteiger partial charge in [-0.1, -0.05) is 0 Å². The van der Waals surface area contributed by atoms with Crippen molar-refractivity contribution in [3.8, 4) is 0 Å². The summed E-state index contributed by atoms with van der Waals surface area (Å²) in [4.78, 5) is 6.61. The van der Waals surface area contributed by atoms with Crippen molar-refractivity contribution in [2.75, 3.05) is 17.8 Å². The highest BCUT2D eigenvalue weighted by molar-refractivity contribution is 7.09. The van der Waals surface area contributed by atoms with Gasteiger partial charge in [-0.3, -0.25) is 0 Å². The summed E-state index contributed by atoms with van der Waals surface area (Å²) < 4.78 is 4.36. The van der Waals surface area contributed by atoms with E-state index in [2.05, 4.69) is 21.2 Å². The number of hydrogen-bond acceptors (Lipinski definition) is 4. The lowest BCUT2D eigenvalue weighted by Crippen LogP contribution is -2.29. The molecular weight excluding hydrogens is 218 g/mol. The third-order valence-corrected chi connectivity index (χ3v) is 3.83. The first-order valence-electron chi connectivity index (χ1n) is 4.84. The molecule has 1 fully saturated rings. The zero-order valence-corrected chi connectivity index (χ0v) is 9.98. The van der Waals surface area contributed by atoms with Crippen LogP contribution in [0.15, 0.2) is 0 Å². The van der Waals surface area contributed by atoms with E-state index < -0.39 is 0 Å². The average Bonchev–Trinajstić information content (AvgIpc) is 2.94. The highest BCUT2D eigenvalue weighted by atomic mass is 35.5. The molecule has 2 rings (SSSR count). The predicted octanol–water partition coefficient (Wildman–Crippen LogP) is 2.48. The topological polar surface area (TPSA) is 29.0 Å². The standard InChI is InChI=1S/C9H14ClN3S/c1-6(5-10)13(2)9-11-8(12-14-9)7-3-4-7/h6-7H,3-5H2,1-2H3. The first-order chi connectivity index (χ1) is 6.72. The average molecular weight is 232 g/mol. The number of nitrogens with zero attached hydrogens (tertiary/aromatic N) is 3. The van der Waals surface area contributed by atoms with Crippen LogP contribution in [0.2, 0.25) is 0 Å². The molecule has 14 heavy (non-hydrogen) atoms. The van der Waals surface area contributed by atoms with Gasteiger partial charge in [0, 0.05) is 36.4 Å². The normalized spacial score (nSPS) is 18.2. The van der Waals surface area contributed by atoms with E-state index in [0.717, 1.165) is 11.0 Å². The molecule has 0 N–H and O–H groups in total. The highest BCUT2D eigenvalue weighted by Crippen LogP contribution is 2.39. The van der Waals surface area contributed by atoms with Gasteiger partial charge in [0.15, 0.2) is 0 Å². The molecule has 0 aromatic carbocycles. The van der Waals surface area contributed by atoms with Crippen LogP contribution < -0.4 is 4.90 Å². The number of hydrogen-bond donors (Lipinski definition) is 0. The molecule has 1 aromatic rings. The third kappa shape index (κ3) is 2.01. The minimum Gasteiger partial charge on any atom is -0.346 e. The lowest BCUT2D eigenvalue weighted by molar-refractivity contribution is 0.755.